The molecule has 0 amide bonds. The van der Waals surface area contributed by atoms with Crippen LogP contribution in [0.25, 0.3) is 0 Å². The maximum absolute atomic E-state index is 4.68. The second kappa shape index (κ2) is 5.17. The molecule has 1 aromatic heterocycles. The molecule has 1 heterocycles. The van der Waals surface area contributed by atoms with Crippen LogP contribution < -0.4 is 10.2 Å². The van der Waals surface area contributed by atoms with E-state index in [0.29, 0.717) is 0 Å². The van der Waals surface area contributed by atoms with Gasteiger partial charge in [-0.1, -0.05) is 0 Å². The summed E-state index contributed by atoms with van der Waals surface area (Å²) in [5.74, 6) is 2.11. The van der Waals surface area contributed by atoms with Gasteiger partial charge in [0.15, 0.2) is 0 Å². The van der Waals surface area contributed by atoms with Crippen LogP contribution >= 0.6 is 15.9 Å². The molecule has 2 fully saturated rings. The molecule has 18 heavy (non-hydrogen) atoms. The molecule has 0 aromatic carbocycles. The fourth-order valence-electron chi connectivity index (χ4n) is 2.43. The largest absolute Gasteiger partial charge is 0.353 e. The van der Waals surface area contributed by atoms with Crippen molar-refractivity contribution in [2.24, 2.45) is 5.92 Å². The van der Waals surface area contributed by atoms with Gasteiger partial charge in [0.2, 0.25) is 0 Å². The molecule has 0 aliphatic heterocycles. The minimum Gasteiger partial charge on any atom is -0.353 e. The lowest BCUT2D eigenvalue weighted by molar-refractivity contribution is 0.697. The van der Waals surface area contributed by atoms with Crippen LogP contribution in [0.3, 0.4) is 0 Å². The number of halogens is 1. The van der Waals surface area contributed by atoms with Gasteiger partial charge in [-0.2, -0.15) is 0 Å². The van der Waals surface area contributed by atoms with Crippen LogP contribution in [0.15, 0.2) is 16.7 Å². The van der Waals surface area contributed by atoms with E-state index in [2.05, 4.69) is 37.2 Å². The third kappa shape index (κ3) is 2.86. The van der Waals surface area contributed by atoms with E-state index in [1.54, 1.807) is 0 Å². The van der Waals surface area contributed by atoms with Crippen molar-refractivity contribution in [1.82, 2.24) is 10.3 Å². The van der Waals surface area contributed by atoms with Crippen molar-refractivity contribution in [2.45, 2.75) is 38.3 Å². The van der Waals surface area contributed by atoms with Crippen molar-refractivity contribution in [3.63, 3.8) is 0 Å². The number of anilines is 1. The van der Waals surface area contributed by atoms with E-state index in [9.17, 15) is 0 Å². The van der Waals surface area contributed by atoms with Gasteiger partial charge in [-0.15, -0.1) is 0 Å². The smallest absolute Gasteiger partial charge is 0.133 e. The topological polar surface area (TPSA) is 28.2 Å². The lowest BCUT2D eigenvalue weighted by atomic mass is 10.2. The second-order valence-electron chi connectivity index (χ2n) is 5.49. The summed E-state index contributed by atoms with van der Waals surface area (Å²) in [6.07, 6.45) is 7.41. The molecule has 2 aliphatic carbocycles. The van der Waals surface area contributed by atoms with Gasteiger partial charge in [-0.3, -0.25) is 0 Å². The third-order valence-corrected chi connectivity index (χ3v) is 4.12. The third-order valence-electron chi connectivity index (χ3n) is 3.69. The molecule has 0 unspecified atom stereocenters. The molecular weight excluding hydrogens is 290 g/mol. The Bertz CT molecular complexity index is 427. The van der Waals surface area contributed by atoms with Crippen molar-refractivity contribution in [1.29, 1.82) is 0 Å². The molecule has 0 spiro atoms. The Morgan fingerprint density at radius 2 is 2.17 bits per heavy atom. The zero-order chi connectivity index (χ0) is 12.5. The number of nitrogens with one attached hydrogen (secondary N) is 1. The average molecular weight is 310 g/mol. The normalized spacial score (nSPS) is 19.0. The molecule has 4 heteroatoms. The standard InChI is InChI=1S/C14H20BrN3/c1-16-7-11-6-12(15)8-17-14(11)18(13-4-5-13)9-10-2-3-10/h6,8,10,13,16H,2-5,7,9H2,1H3. The summed E-state index contributed by atoms with van der Waals surface area (Å²) in [5, 5.41) is 3.25. The van der Waals surface area contributed by atoms with Crippen molar-refractivity contribution in [3.05, 3.63) is 22.3 Å². The molecule has 0 bridgehead atoms. The molecule has 1 aromatic rings. The number of rotatable bonds is 6. The van der Waals surface area contributed by atoms with Gasteiger partial charge in [0, 0.05) is 35.4 Å². The van der Waals surface area contributed by atoms with Crippen molar-refractivity contribution in [2.75, 3.05) is 18.5 Å². The van der Waals surface area contributed by atoms with E-state index in [4.69, 9.17) is 0 Å². The Kier molecular flexibility index (Phi) is 3.57. The SMILES string of the molecule is CNCc1cc(Br)cnc1N(CC1CC1)C1CC1. The molecule has 3 rings (SSSR count). The monoisotopic (exact) mass is 309 g/mol. The van der Waals surface area contributed by atoms with E-state index in [0.717, 1.165) is 23.0 Å². The van der Waals surface area contributed by atoms with Gasteiger partial charge in [0.25, 0.3) is 0 Å². The Balaban J connectivity index is 1.86. The molecule has 0 radical (unpaired) electrons. The molecular formula is C14H20BrN3. The Labute approximate surface area is 117 Å². The highest BCUT2D eigenvalue weighted by atomic mass is 79.9. The van der Waals surface area contributed by atoms with E-state index < -0.39 is 0 Å². The highest BCUT2D eigenvalue weighted by Crippen LogP contribution is 2.38. The minimum absolute atomic E-state index is 0.745. The van der Waals surface area contributed by atoms with Crippen LogP contribution in [0.2, 0.25) is 0 Å². The van der Waals surface area contributed by atoms with Gasteiger partial charge < -0.3 is 10.2 Å². The first kappa shape index (κ1) is 12.4. The summed E-state index contributed by atoms with van der Waals surface area (Å²) in [4.78, 5) is 7.23. The Morgan fingerprint density at radius 3 is 2.78 bits per heavy atom. The fourth-order valence-corrected chi connectivity index (χ4v) is 2.81. The molecule has 3 nitrogen and oxygen atoms in total. The minimum atomic E-state index is 0.745. The predicted molar refractivity (Wildman–Crippen MR) is 77.8 cm³/mol. The zero-order valence-electron chi connectivity index (χ0n) is 10.8. The van der Waals surface area contributed by atoms with Crippen molar-refractivity contribution < 1.29 is 0 Å². The molecule has 0 saturated heterocycles. The number of aromatic nitrogens is 1. The summed E-state index contributed by atoms with van der Waals surface area (Å²) in [5.41, 5.74) is 1.31. The summed E-state index contributed by atoms with van der Waals surface area (Å²) in [6.45, 7) is 2.09. The predicted octanol–water partition coefficient (Wildman–Crippen LogP) is 2.94. The van der Waals surface area contributed by atoms with Crippen LogP contribution in [-0.4, -0.2) is 24.6 Å². The first-order chi connectivity index (χ1) is 8.78. The molecule has 2 aliphatic rings. The Morgan fingerprint density at radius 1 is 1.39 bits per heavy atom. The van der Waals surface area contributed by atoms with Gasteiger partial charge in [-0.25, -0.2) is 4.98 Å². The summed E-state index contributed by atoms with van der Waals surface area (Å²) >= 11 is 3.52. The molecule has 0 atom stereocenters. The Hall–Kier alpha value is -0.610. The lowest BCUT2D eigenvalue weighted by Crippen LogP contribution is -2.30. The number of pyridine rings is 1. The van der Waals surface area contributed by atoms with Crippen LogP contribution in [-0.2, 0) is 6.54 Å². The maximum atomic E-state index is 4.68. The summed E-state index contributed by atoms with van der Waals surface area (Å²) < 4.78 is 1.07. The molecule has 98 valence electrons. The van der Waals surface area contributed by atoms with E-state index in [1.165, 1.54) is 43.6 Å². The summed E-state index contributed by atoms with van der Waals surface area (Å²) in [6, 6.07) is 2.94. The number of hydrogen-bond donors (Lipinski definition) is 1. The second-order valence-corrected chi connectivity index (χ2v) is 6.41. The molecule has 2 saturated carbocycles. The van der Waals surface area contributed by atoms with Gasteiger partial charge in [-0.05, 0) is 60.6 Å². The van der Waals surface area contributed by atoms with Gasteiger partial charge in [0.1, 0.15) is 5.82 Å². The quantitative estimate of drug-likeness (QED) is 0.875. The van der Waals surface area contributed by atoms with E-state index >= 15 is 0 Å². The van der Waals surface area contributed by atoms with E-state index in [1.807, 2.05) is 13.2 Å². The van der Waals surface area contributed by atoms with Crippen molar-refractivity contribution >= 4 is 21.7 Å². The van der Waals surface area contributed by atoms with Crippen LogP contribution in [0.5, 0.6) is 0 Å². The number of hydrogen-bond acceptors (Lipinski definition) is 3. The van der Waals surface area contributed by atoms with Crippen LogP contribution in [0, 0.1) is 5.92 Å². The molecule has 1 N–H and O–H groups in total. The summed E-state index contributed by atoms with van der Waals surface area (Å²) in [7, 11) is 1.99. The average Bonchev–Trinajstić information content (AvgIpc) is 3.22. The highest BCUT2D eigenvalue weighted by Gasteiger charge is 2.35. The van der Waals surface area contributed by atoms with Crippen molar-refractivity contribution in [3.8, 4) is 0 Å². The number of nitrogens with zero attached hydrogens (tertiary/aromatic N) is 2. The van der Waals surface area contributed by atoms with Gasteiger partial charge >= 0.3 is 0 Å². The lowest BCUT2D eigenvalue weighted by Gasteiger charge is -2.26. The van der Waals surface area contributed by atoms with Crippen LogP contribution in [0.4, 0.5) is 5.82 Å². The fraction of sp³-hybridized carbons (Fsp3) is 0.643. The van der Waals surface area contributed by atoms with E-state index in [-0.39, 0.29) is 0 Å². The first-order valence-corrected chi connectivity index (χ1v) is 7.63. The first-order valence-electron chi connectivity index (χ1n) is 6.83. The highest BCUT2D eigenvalue weighted by molar-refractivity contribution is 9.10. The maximum Gasteiger partial charge on any atom is 0.133 e. The van der Waals surface area contributed by atoms with Gasteiger partial charge in [0.05, 0.1) is 0 Å². The zero-order valence-corrected chi connectivity index (χ0v) is 12.4. The van der Waals surface area contributed by atoms with Crippen LogP contribution in [0.1, 0.15) is 31.2 Å².